The molecule has 2 atom stereocenters. The number of hydrogen-bond donors (Lipinski definition) is 1. The minimum absolute atomic E-state index is 0.179. The van der Waals surface area contributed by atoms with E-state index in [2.05, 4.69) is 37.9 Å². The molecule has 0 bridgehead atoms. The second-order valence-electron chi connectivity index (χ2n) is 10.5. The number of hydrogen-bond acceptors (Lipinski definition) is 7. The molecule has 2 aromatic rings. The van der Waals surface area contributed by atoms with Crippen LogP contribution in [0.1, 0.15) is 72.2 Å². The first-order valence-electron chi connectivity index (χ1n) is 13.0. The highest BCUT2D eigenvalue weighted by molar-refractivity contribution is 7.89. The number of piperidine rings is 1. The molecule has 1 fully saturated rings. The van der Waals surface area contributed by atoms with Crippen LogP contribution in [0.15, 0.2) is 29.2 Å². The molecule has 4 rings (SSSR count). The van der Waals surface area contributed by atoms with Gasteiger partial charge in [-0.1, -0.05) is 13.8 Å². The lowest BCUT2D eigenvalue weighted by Gasteiger charge is -2.34. The van der Waals surface area contributed by atoms with Crippen LogP contribution < -0.4 is 5.32 Å². The lowest BCUT2D eigenvalue weighted by atomic mass is 9.94. The largest absolute Gasteiger partial charge is 0.462 e. The SMILES string of the molecule is CCOC(=O)c1c(NC(=O)c2ccc(S(=O)(=O)N3C[C@H](C)C[C@H](C)C3)cc2)sc2c1CCN(C(C)C)C2. The van der Waals surface area contributed by atoms with Crippen LogP contribution in [-0.2, 0) is 27.7 Å². The molecule has 0 saturated carbocycles. The molecular weight excluding hydrogens is 510 g/mol. The van der Waals surface area contributed by atoms with E-state index in [0.717, 1.165) is 30.0 Å². The zero-order valence-electron chi connectivity index (χ0n) is 22.2. The van der Waals surface area contributed by atoms with E-state index in [0.29, 0.717) is 53.5 Å². The zero-order chi connectivity index (χ0) is 26.9. The minimum atomic E-state index is -3.63. The van der Waals surface area contributed by atoms with Crippen LogP contribution >= 0.6 is 11.3 Å². The van der Waals surface area contributed by atoms with Gasteiger partial charge in [-0.15, -0.1) is 11.3 Å². The highest BCUT2D eigenvalue weighted by Gasteiger charge is 2.33. The summed E-state index contributed by atoms with van der Waals surface area (Å²) < 4.78 is 33.2. The van der Waals surface area contributed by atoms with Gasteiger partial charge in [-0.25, -0.2) is 13.2 Å². The number of ether oxygens (including phenoxy) is 1. The smallest absolute Gasteiger partial charge is 0.341 e. The third-order valence-electron chi connectivity index (χ3n) is 7.11. The molecule has 1 saturated heterocycles. The molecule has 0 unspecified atom stereocenters. The van der Waals surface area contributed by atoms with Crippen molar-refractivity contribution in [3.8, 4) is 0 Å². The van der Waals surface area contributed by atoms with Gasteiger partial charge >= 0.3 is 5.97 Å². The highest BCUT2D eigenvalue weighted by Crippen LogP contribution is 2.38. The van der Waals surface area contributed by atoms with E-state index >= 15 is 0 Å². The molecule has 1 amide bonds. The standard InChI is InChI=1S/C27H37N3O5S2/c1-6-35-27(32)24-22-11-12-29(17(2)3)16-23(22)36-26(24)28-25(31)20-7-9-21(10-8-20)37(33,34)30-14-18(4)13-19(5)15-30/h7-10,17-19H,6,11-16H2,1-5H3,(H,28,31)/t18-,19+. The molecule has 202 valence electrons. The molecule has 1 aromatic heterocycles. The van der Waals surface area contributed by atoms with Gasteiger partial charge in [-0.05, 0) is 75.3 Å². The maximum Gasteiger partial charge on any atom is 0.341 e. The summed E-state index contributed by atoms with van der Waals surface area (Å²) in [6.07, 6.45) is 1.73. The van der Waals surface area contributed by atoms with Gasteiger partial charge in [-0.3, -0.25) is 9.69 Å². The number of carbonyl (C=O) groups excluding carboxylic acids is 2. The average Bonchev–Trinajstić information content (AvgIpc) is 3.20. The Labute approximate surface area is 224 Å². The van der Waals surface area contributed by atoms with Gasteiger partial charge in [0.1, 0.15) is 5.00 Å². The van der Waals surface area contributed by atoms with E-state index in [1.54, 1.807) is 11.2 Å². The van der Waals surface area contributed by atoms with E-state index in [1.807, 2.05) is 0 Å². The Morgan fingerprint density at radius 1 is 1.14 bits per heavy atom. The molecule has 2 aliphatic rings. The summed E-state index contributed by atoms with van der Waals surface area (Å²) in [6.45, 7) is 13.0. The molecular formula is C27H37N3O5S2. The number of thiophene rings is 1. The molecule has 10 heteroatoms. The molecule has 37 heavy (non-hydrogen) atoms. The fraction of sp³-hybridized carbons (Fsp3) is 0.556. The third-order valence-corrected chi connectivity index (χ3v) is 10.1. The normalized spacial score (nSPS) is 21.0. The number of anilines is 1. The molecule has 3 heterocycles. The van der Waals surface area contributed by atoms with Crippen LogP contribution in [-0.4, -0.2) is 61.8 Å². The fourth-order valence-electron chi connectivity index (χ4n) is 5.28. The number of benzene rings is 1. The lowest BCUT2D eigenvalue weighted by Crippen LogP contribution is -2.42. The van der Waals surface area contributed by atoms with E-state index < -0.39 is 21.9 Å². The van der Waals surface area contributed by atoms with Gasteiger partial charge in [-0.2, -0.15) is 4.31 Å². The van der Waals surface area contributed by atoms with Crippen LogP contribution in [0.3, 0.4) is 0 Å². The Balaban J connectivity index is 1.55. The van der Waals surface area contributed by atoms with Crippen molar-refractivity contribution in [2.75, 3.05) is 31.6 Å². The maximum absolute atomic E-state index is 13.2. The molecule has 0 radical (unpaired) electrons. The molecule has 2 aliphatic heterocycles. The summed E-state index contributed by atoms with van der Waals surface area (Å²) in [5, 5.41) is 3.38. The predicted molar refractivity (Wildman–Crippen MR) is 146 cm³/mol. The first kappa shape index (κ1) is 27.8. The van der Waals surface area contributed by atoms with Crippen molar-refractivity contribution in [1.29, 1.82) is 0 Å². The zero-order valence-corrected chi connectivity index (χ0v) is 23.9. The first-order chi connectivity index (χ1) is 17.5. The Morgan fingerprint density at radius 2 is 1.78 bits per heavy atom. The van der Waals surface area contributed by atoms with Gasteiger partial charge in [0, 0.05) is 42.7 Å². The van der Waals surface area contributed by atoms with E-state index in [4.69, 9.17) is 4.74 Å². The van der Waals surface area contributed by atoms with Crippen molar-refractivity contribution in [1.82, 2.24) is 9.21 Å². The second-order valence-corrected chi connectivity index (χ2v) is 13.5. The van der Waals surface area contributed by atoms with Crippen LogP contribution in [0.2, 0.25) is 0 Å². The number of carbonyl (C=O) groups is 2. The van der Waals surface area contributed by atoms with Gasteiger partial charge in [0.15, 0.2) is 0 Å². The molecule has 1 aromatic carbocycles. The number of fused-ring (bicyclic) bond motifs is 1. The maximum atomic E-state index is 13.2. The highest BCUT2D eigenvalue weighted by atomic mass is 32.2. The third kappa shape index (κ3) is 5.92. The van der Waals surface area contributed by atoms with Crippen molar-refractivity contribution >= 4 is 38.2 Å². The second kappa shape index (κ2) is 11.2. The fourth-order valence-corrected chi connectivity index (χ4v) is 8.21. The Kier molecular flexibility index (Phi) is 8.42. The van der Waals surface area contributed by atoms with Crippen molar-refractivity contribution in [2.45, 2.75) is 64.9 Å². The van der Waals surface area contributed by atoms with Gasteiger partial charge in [0.25, 0.3) is 5.91 Å². The van der Waals surface area contributed by atoms with Crippen LogP contribution in [0.25, 0.3) is 0 Å². The molecule has 1 N–H and O–H groups in total. The summed E-state index contributed by atoms with van der Waals surface area (Å²) in [7, 11) is -3.63. The lowest BCUT2D eigenvalue weighted by molar-refractivity contribution is 0.0526. The number of nitrogens with one attached hydrogen (secondary N) is 1. The number of esters is 1. The van der Waals surface area contributed by atoms with Crippen molar-refractivity contribution < 1.29 is 22.7 Å². The van der Waals surface area contributed by atoms with Crippen LogP contribution in [0.5, 0.6) is 0 Å². The Morgan fingerprint density at radius 3 is 2.38 bits per heavy atom. The van der Waals surface area contributed by atoms with Crippen molar-refractivity contribution in [3.05, 3.63) is 45.8 Å². The Bertz CT molecular complexity index is 1240. The quantitative estimate of drug-likeness (QED) is 0.509. The Hall–Kier alpha value is -2.27. The van der Waals surface area contributed by atoms with E-state index in [1.165, 1.54) is 35.6 Å². The topological polar surface area (TPSA) is 96.0 Å². The van der Waals surface area contributed by atoms with Crippen molar-refractivity contribution in [3.63, 3.8) is 0 Å². The van der Waals surface area contributed by atoms with E-state index in [-0.39, 0.29) is 11.5 Å². The number of rotatable bonds is 7. The number of sulfonamides is 1. The number of amides is 1. The summed E-state index contributed by atoms with van der Waals surface area (Å²) in [5.74, 6) is -0.212. The first-order valence-corrected chi connectivity index (χ1v) is 15.2. The molecule has 8 nitrogen and oxygen atoms in total. The summed E-state index contributed by atoms with van der Waals surface area (Å²) >= 11 is 1.41. The monoisotopic (exact) mass is 547 g/mol. The number of nitrogens with zero attached hydrogens (tertiary/aromatic N) is 2. The van der Waals surface area contributed by atoms with Crippen molar-refractivity contribution in [2.24, 2.45) is 11.8 Å². The molecule has 0 spiro atoms. The minimum Gasteiger partial charge on any atom is -0.462 e. The van der Waals surface area contributed by atoms with Gasteiger partial charge in [0.05, 0.1) is 17.1 Å². The van der Waals surface area contributed by atoms with E-state index in [9.17, 15) is 18.0 Å². The molecule has 0 aliphatic carbocycles. The van der Waals surface area contributed by atoms with Crippen LogP contribution in [0.4, 0.5) is 5.00 Å². The summed E-state index contributed by atoms with van der Waals surface area (Å²) in [5.41, 5.74) is 1.71. The predicted octanol–water partition coefficient (Wildman–Crippen LogP) is 4.61. The van der Waals surface area contributed by atoms with Gasteiger partial charge < -0.3 is 10.1 Å². The van der Waals surface area contributed by atoms with Crippen LogP contribution in [0, 0.1) is 11.8 Å². The summed E-state index contributed by atoms with van der Waals surface area (Å²) in [6, 6.07) is 6.40. The average molecular weight is 548 g/mol. The van der Waals surface area contributed by atoms with Gasteiger partial charge in [0.2, 0.25) is 10.0 Å². The summed E-state index contributed by atoms with van der Waals surface area (Å²) in [4.78, 5) is 29.6.